The molecule has 0 aliphatic rings. The first-order valence-electron chi connectivity index (χ1n) is 9.66. The summed E-state index contributed by atoms with van der Waals surface area (Å²) in [6.07, 6.45) is 3.57. The predicted octanol–water partition coefficient (Wildman–Crippen LogP) is 4.74. The Bertz CT molecular complexity index is 1160. The van der Waals surface area contributed by atoms with E-state index >= 15 is 0 Å². The average Bonchev–Trinajstić information content (AvgIpc) is 3.35. The zero-order chi connectivity index (χ0) is 20.4. The normalized spacial score (nSPS) is 11.3. The summed E-state index contributed by atoms with van der Waals surface area (Å²) in [5.41, 5.74) is 2.09. The Kier molecular flexibility index (Phi) is 5.35. The van der Waals surface area contributed by atoms with E-state index in [9.17, 15) is 4.79 Å². The third-order valence-corrected chi connectivity index (χ3v) is 6.05. The quantitative estimate of drug-likeness (QED) is 0.500. The minimum Gasteiger partial charge on any atom is -0.296 e. The summed E-state index contributed by atoms with van der Waals surface area (Å²) in [6.45, 7) is 6.12. The highest BCUT2D eigenvalue weighted by molar-refractivity contribution is 7.15. The number of amides is 1. The van der Waals surface area contributed by atoms with Crippen LogP contribution in [0.4, 0.5) is 5.13 Å². The van der Waals surface area contributed by atoms with Gasteiger partial charge in [-0.3, -0.25) is 10.1 Å². The van der Waals surface area contributed by atoms with Crippen LogP contribution in [0.2, 0.25) is 0 Å². The van der Waals surface area contributed by atoms with Gasteiger partial charge in [-0.15, -0.1) is 10.2 Å². The molecule has 0 spiro atoms. The Morgan fingerprint density at radius 2 is 1.93 bits per heavy atom. The van der Waals surface area contributed by atoms with Crippen molar-refractivity contribution in [3.8, 4) is 5.82 Å². The molecule has 0 fully saturated rings. The molecule has 1 N–H and O–H groups in total. The molecule has 4 aromatic rings. The molecule has 0 unspecified atom stereocenters. The van der Waals surface area contributed by atoms with Crippen LogP contribution in [0.25, 0.3) is 16.7 Å². The molecule has 1 amide bonds. The molecule has 0 aliphatic heterocycles. The van der Waals surface area contributed by atoms with Crippen molar-refractivity contribution in [2.45, 2.75) is 39.5 Å². The summed E-state index contributed by atoms with van der Waals surface area (Å²) in [4.78, 5) is 17.4. The van der Waals surface area contributed by atoms with Crippen molar-refractivity contribution in [3.63, 3.8) is 0 Å². The van der Waals surface area contributed by atoms with Crippen molar-refractivity contribution in [2.75, 3.05) is 5.32 Å². The molecule has 4 rings (SSSR count). The van der Waals surface area contributed by atoms with Crippen molar-refractivity contribution in [1.82, 2.24) is 25.0 Å². The van der Waals surface area contributed by atoms with Gasteiger partial charge in [-0.1, -0.05) is 43.4 Å². The molecule has 0 atom stereocenters. The second-order valence-corrected chi connectivity index (χ2v) is 7.84. The smallest absolute Gasteiger partial charge is 0.260 e. The lowest BCUT2D eigenvalue weighted by atomic mass is 10.1. The van der Waals surface area contributed by atoms with Crippen molar-refractivity contribution in [1.29, 1.82) is 0 Å². The largest absolute Gasteiger partial charge is 0.296 e. The van der Waals surface area contributed by atoms with E-state index < -0.39 is 0 Å². The summed E-state index contributed by atoms with van der Waals surface area (Å²) >= 11 is 1.43. The maximum Gasteiger partial charge on any atom is 0.260 e. The Hall–Kier alpha value is -3.13. The van der Waals surface area contributed by atoms with Crippen LogP contribution in [0.15, 0.2) is 42.6 Å². The molecule has 7 nitrogen and oxygen atoms in total. The van der Waals surface area contributed by atoms with E-state index in [0.29, 0.717) is 22.4 Å². The number of hydrogen-bond acceptors (Lipinski definition) is 6. The van der Waals surface area contributed by atoms with Gasteiger partial charge in [0.2, 0.25) is 5.13 Å². The summed E-state index contributed by atoms with van der Waals surface area (Å²) in [7, 11) is 0. The number of para-hydroxylation sites is 1. The van der Waals surface area contributed by atoms with Crippen LogP contribution >= 0.6 is 11.3 Å². The topological polar surface area (TPSA) is 85.6 Å². The van der Waals surface area contributed by atoms with Gasteiger partial charge in [0.05, 0.1) is 23.0 Å². The van der Waals surface area contributed by atoms with E-state index in [1.54, 1.807) is 10.9 Å². The zero-order valence-electron chi connectivity index (χ0n) is 16.6. The number of nitrogens with one attached hydrogen (secondary N) is 1. The van der Waals surface area contributed by atoms with Crippen molar-refractivity contribution in [2.24, 2.45) is 0 Å². The number of carbonyl (C=O) groups excluding carboxylic acids is 1. The molecule has 29 heavy (non-hydrogen) atoms. The van der Waals surface area contributed by atoms with Gasteiger partial charge in [0, 0.05) is 11.3 Å². The lowest BCUT2D eigenvalue weighted by molar-refractivity contribution is 0.102. The van der Waals surface area contributed by atoms with E-state index in [1.165, 1.54) is 11.3 Å². The second kappa shape index (κ2) is 8.08. The van der Waals surface area contributed by atoms with Gasteiger partial charge in [0.1, 0.15) is 5.01 Å². The molecule has 0 saturated heterocycles. The minimum absolute atomic E-state index is 0.248. The Balaban J connectivity index is 1.57. The van der Waals surface area contributed by atoms with Crippen molar-refractivity contribution in [3.05, 3.63) is 58.9 Å². The number of aromatic nitrogens is 5. The summed E-state index contributed by atoms with van der Waals surface area (Å²) in [6, 6.07) is 11.8. The fourth-order valence-corrected chi connectivity index (χ4v) is 4.29. The lowest BCUT2D eigenvalue weighted by Crippen LogP contribution is -2.13. The molecule has 1 aromatic carbocycles. The van der Waals surface area contributed by atoms with E-state index in [-0.39, 0.29) is 5.91 Å². The maximum atomic E-state index is 12.8. The monoisotopic (exact) mass is 406 g/mol. The van der Waals surface area contributed by atoms with Crippen LogP contribution in [-0.4, -0.2) is 30.9 Å². The van der Waals surface area contributed by atoms with Gasteiger partial charge in [0.25, 0.3) is 5.91 Å². The van der Waals surface area contributed by atoms with Crippen LogP contribution in [0, 0.1) is 6.92 Å². The number of rotatable bonds is 6. The van der Waals surface area contributed by atoms with E-state index in [4.69, 9.17) is 0 Å². The van der Waals surface area contributed by atoms with Gasteiger partial charge in [0.15, 0.2) is 5.82 Å². The SMILES string of the molecule is CCC(CC)c1nnc(NC(=O)c2cnn(-c3ccc4ccccc4n3)c2C)s1. The van der Waals surface area contributed by atoms with Gasteiger partial charge in [-0.2, -0.15) is 5.10 Å². The fraction of sp³-hybridized carbons (Fsp3) is 0.286. The molecule has 0 saturated carbocycles. The van der Waals surface area contributed by atoms with Crippen LogP contribution in [0.1, 0.15) is 53.7 Å². The highest BCUT2D eigenvalue weighted by atomic mass is 32.1. The number of anilines is 1. The highest BCUT2D eigenvalue weighted by Gasteiger charge is 2.19. The van der Waals surface area contributed by atoms with Crippen molar-refractivity contribution >= 4 is 33.3 Å². The van der Waals surface area contributed by atoms with Crippen LogP contribution in [0.5, 0.6) is 0 Å². The first-order valence-corrected chi connectivity index (χ1v) is 10.5. The molecular weight excluding hydrogens is 384 g/mol. The fourth-order valence-electron chi connectivity index (χ4n) is 3.29. The third-order valence-electron chi connectivity index (χ3n) is 5.05. The first-order chi connectivity index (χ1) is 14.1. The van der Waals surface area contributed by atoms with Gasteiger partial charge in [-0.05, 0) is 38.0 Å². The minimum atomic E-state index is -0.248. The van der Waals surface area contributed by atoms with E-state index in [1.807, 2.05) is 43.3 Å². The Morgan fingerprint density at radius 3 is 2.72 bits per heavy atom. The van der Waals surface area contributed by atoms with Gasteiger partial charge >= 0.3 is 0 Å². The summed E-state index contributed by atoms with van der Waals surface area (Å²) in [5, 5.41) is 18.1. The zero-order valence-corrected chi connectivity index (χ0v) is 17.4. The number of hydrogen-bond donors (Lipinski definition) is 1. The lowest BCUT2D eigenvalue weighted by Gasteiger charge is -2.06. The van der Waals surface area contributed by atoms with Crippen LogP contribution in [-0.2, 0) is 0 Å². The predicted molar refractivity (Wildman–Crippen MR) is 115 cm³/mol. The van der Waals surface area contributed by atoms with Crippen LogP contribution < -0.4 is 5.32 Å². The highest BCUT2D eigenvalue weighted by Crippen LogP contribution is 2.28. The average molecular weight is 407 g/mol. The van der Waals surface area contributed by atoms with E-state index in [2.05, 4.69) is 39.4 Å². The molecule has 8 heteroatoms. The number of pyridine rings is 1. The number of fused-ring (bicyclic) bond motifs is 1. The summed E-state index contributed by atoms with van der Waals surface area (Å²) < 4.78 is 1.68. The molecule has 0 bridgehead atoms. The molecular formula is C21H22N6OS. The molecule has 148 valence electrons. The molecule has 0 aliphatic carbocycles. The number of nitrogens with zero attached hydrogens (tertiary/aromatic N) is 5. The van der Waals surface area contributed by atoms with Gasteiger partial charge < -0.3 is 0 Å². The third kappa shape index (κ3) is 3.75. The van der Waals surface area contributed by atoms with Crippen molar-refractivity contribution < 1.29 is 4.79 Å². The van der Waals surface area contributed by atoms with Crippen LogP contribution in [0.3, 0.4) is 0 Å². The second-order valence-electron chi connectivity index (χ2n) is 6.83. The number of benzene rings is 1. The Morgan fingerprint density at radius 1 is 1.14 bits per heavy atom. The molecule has 3 aromatic heterocycles. The maximum absolute atomic E-state index is 12.8. The van der Waals surface area contributed by atoms with E-state index in [0.717, 1.165) is 34.4 Å². The first kappa shape index (κ1) is 19.2. The van der Waals surface area contributed by atoms with Gasteiger partial charge in [-0.25, -0.2) is 9.67 Å². The molecule has 3 heterocycles. The standard InChI is InChI=1S/C21H22N6OS/c1-4-14(5-2)20-25-26-21(29-20)24-19(28)16-12-22-27(13(16)3)18-11-10-15-8-6-7-9-17(15)23-18/h6-12,14H,4-5H2,1-3H3,(H,24,26,28). The molecule has 0 radical (unpaired) electrons. The number of carbonyl (C=O) groups is 1. The summed E-state index contributed by atoms with van der Waals surface area (Å²) in [5.74, 6) is 0.801. The Labute approximate surface area is 172 Å².